The second-order valence-corrected chi connectivity index (χ2v) is 8.54. The number of hydroxylamine groups is 2. The monoisotopic (exact) mass is 575 g/mol. The van der Waals surface area contributed by atoms with Crippen LogP contribution in [0.15, 0.2) is 40.8 Å². The molecule has 3 N–H and O–H groups in total. The number of benzene rings is 1. The van der Waals surface area contributed by atoms with Gasteiger partial charge in [-0.2, -0.15) is 0 Å². The number of hydrogen-bond donors (Lipinski definition) is 3. The molecule has 2 aromatic rings. The fourth-order valence-electron chi connectivity index (χ4n) is 2.98. The first-order chi connectivity index (χ1) is 15.8. The van der Waals surface area contributed by atoms with E-state index < -0.39 is 16.0 Å². The fraction of sp³-hybridized carbons (Fsp3) is 0.409. The van der Waals surface area contributed by atoms with Gasteiger partial charge in [-0.05, 0) is 53.3 Å². The molecule has 2 rings (SSSR count). The quantitative estimate of drug-likeness (QED) is 0.0792. The van der Waals surface area contributed by atoms with Crippen molar-refractivity contribution in [2.24, 2.45) is 5.92 Å². The van der Waals surface area contributed by atoms with Crippen LogP contribution >= 0.6 is 22.6 Å². The van der Waals surface area contributed by atoms with Gasteiger partial charge in [0.15, 0.2) is 9.94 Å². The number of carbonyl (C=O) groups excluding carboxylic acids is 3. The molecule has 0 aliphatic heterocycles. The van der Waals surface area contributed by atoms with Gasteiger partial charge in [0, 0.05) is 5.56 Å². The number of alkyl halides is 2. The third kappa shape index (κ3) is 9.00. The van der Waals surface area contributed by atoms with Gasteiger partial charge in [-0.15, -0.1) is 0 Å². The Hall–Kier alpha value is -2.67. The summed E-state index contributed by atoms with van der Waals surface area (Å²) in [4.78, 5) is 35.4. The number of hydrogen-bond acceptors (Lipinski definition) is 6. The number of unbranched alkanes of at least 4 members (excludes halogenated alkanes) is 1. The van der Waals surface area contributed by atoms with Crippen LogP contribution in [0, 0.1) is 5.92 Å². The molecule has 180 valence electrons. The SMILES string of the molecule is CCCC[C@H](CN(O)C=O)C(=O)NCNC(=O)c1ccc(-c2cccc(OCC(F)I)c2)o1. The molecule has 1 aromatic carbocycles. The van der Waals surface area contributed by atoms with Gasteiger partial charge in [-0.25, -0.2) is 9.45 Å². The summed E-state index contributed by atoms with van der Waals surface area (Å²) >= 11 is 1.62. The minimum absolute atomic E-state index is 0.0478. The zero-order chi connectivity index (χ0) is 24.2. The van der Waals surface area contributed by atoms with Crippen molar-refractivity contribution in [3.8, 4) is 17.1 Å². The van der Waals surface area contributed by atoms with E-state index in [2.05, 4.69) is 10.6 Å². The van der Waals surface area contributed by atoms with Crippen LogP contribution < -0.4 is 15.4 Å². The van der Waals surface area contributed by atoms with E-state index in [4.69, 9.17) is 9.15 Å². The Morgan fingerprint density at radius 3 is 2.79 bits per heavy atom. The average Bonchev–Trinajstić information content (AvgIpc) is 3.30. The third-order valence-electron chi connectivity index (χ3n) is 4.64. The van der Waals surface area contributed by atoms with E-state index >= 15 is 0 Å². The van der Waals surface area contributed by atoms with Gasteiger partial charge in [-0.3, -0.25) is 19.6 Å². The van der Waals surface area contributed by atoms with Crippen molar-refractivity contribution >= 4 is 40.8 Å². The smallest absolute Gasteiger partial charge is 0.288 e. The molecule has 9 nitrogen and oxygen atoms in total. The first-order valence-corrected chi connectivity index (χ1v) is 11.7. The standard InChI is InChI=1S/C22H27FIN3O6/c1-2-3-5-16(11-27(31)14-28)21(29)25-13-26-22(30)19-9-8-18(33-19)15-6-4-7-17(10-15)32-12-20(23)24/h4,6-10,14,16,20,31H,2-3,5,11-13H2,1H3,(H,25,29)(H,26,30)/t16-,20?/m1/s1. The maximum Gasteiger partial charge on any atom is 0.288 e. The first kappa shape index (κ1) is 26.6. The van der Waals surface area contributed by atoms with Crippen LogP contribution in [0.25, 0.3) is 11.3 Å². The molecule has 1 heterocycles. The topological polar surface area (TPSA) is 121 Å². The molecule has 0 radical (unpaired) electrons. The molecule has 0 fully saturated rings. The number of halogens is 2. The molecular formula is C22H27FIN3O6. The van der Waals surface area contributed by atoms with Crippen molar-refractivity contribution in [2.45, 2.75) is 30.4 Å². The van der Waals surface area contributed by atoms with E-state index in [0.717, 1.165) is 12.8 Å². The zero-order valence-electron chi connectivity index (χ0n) is 18.1. The van der Waals surface area contributed by atoms with Gasteiger partial charge in [0.2, 0.25) is 12.3 Å². The van der Waals surface area contributed by atoms with E-state index in [1.165, 1.54) is 6.07 Å². The molecule has 11 heteroatoms. The highest BCUT2D eigenvalue weighted by atomic mass is 127. The summed E-state index contributed by atoms with van der Waals surface area (Å²) < 4.78 is 22.8. The number of ether oxygens (including phenoxy) is 1. The van der Waals surface area contributed by atoms with Crippen molar-refractivity contribution in [1.29, 1.82) is 0 Å². The fourth-order valence-corrected chi connectivity index (χ4v) is 3.16. The molecule has 33 heavy (non-hydrogen) atoms. The van der Waals surface area contributed by atoms with Crippen LogP contribution in [0.1, 0.15) is 36.7 Å². The molecule has 2 atom stereocenters. The minimum Gasteiger partial charge on any atom is -0.490 e. The van der Waals surface area contributed by atoms with Crippen LogP contribution in [0.2, 0.25) is 0 Å². The number of nitrogens with zero attached hydrogens (tertiary/aromatic N) is 1. The minimum atomic E-state index is -1.12. The molecular weight excluding hydrogens is 548 g/mol. The molecule has 1 unspecified atom stereocenters. The molecule has 0 spiro atoms. The summed E-state index contributed by atoms with van der Waals surface area (Å²) in [7, 11) is 0. The van der Waals surface area contributed by atoms with Crippen molar-refractivity contribution in [3.05, 3.63) is 42.2 Å². The molecule has 0 saturated carbocycles. The van der Waals surface area contributed by atoms with Crippen molar-refractivity contribution < 1.29 is 33.1 Å². The highest BCUT2D eigenvalue weighted by Crippen LogP contribution is 2.26. The second-order valence-electron chi connectivity index (χ2n) is 7.18. The highest BCUT2D eigenvalue weighted by molar-refractivity contribution is 14.1. The van der Waals surface area contributed by atoms with E-state index in [9.17, 15) is 24.0 Å². The van der Waals surface area contributed by atoms with Crippen LogP contribution in [0.3, 0.4) is 0 Å². The van der Waals surface area contributed by atoms with E-state index in [1.54, 1.807) is 52.9 Å². The maximum absolute atomic E-state index is 13.0. The van der Waals surface area contributed by atoms with E-state index in [1.807, 2.05) is 6.92 Å². The maximum atomic E-state index is 13.0. The molecule has 0 aliphatic carbocycles. The number of amides is 3. The number of furan rings is 1. The van der Waals surface area contributed by atoms with E-state index in [0.29, 0.717) is 28.6 Å². The summed E-state index contributed by atoms with van der Waals surface area (Å²) in [6, 6.07) is 10.0. The Labute approximate surface area is 204 Å². The summed E-state index contributed by atoms with van der Waals surface area (Å²) in [5.74, 6) is -0.555. The Morgan fingerprint density at radius 2 is 2.09 bits per heavy atom. The van der Waals surface area contributed by atoms with Crippen molar-refractivity contribution in [1.82, 2.24) is 15.7 Å². The first-order valence-electron chi connectivity index (χ1n) is 10.4. The Balaban J connectivity index is 1.90. The lowest BCUT2D eigenvalue weighted by atomic mass is 10.0. The number of carbonyl (C=O) groups is 3. The van der Waals surface area contributed by atoms with Gasteiger partial charge in [0.25, 0.3) is 5.91 Å². The van der Waals surface area contributed by atoms with Gasteiger partial charge < -0.3 is 19.8 Å². The summed E-state index contributed by atoms with van der Waals surface area (Å²) in [5, 5.41) is 14.9. The summed E-state index contributed by atoms with van der Waals surface area (Å²) in [5.41, 5.74) is 0.659. The molecule has 0 bridgehead atoms. The lowest BCUT2D eigenvalue weighted by Gasteiger charge is -2.19. The van der Waals surface area contributed by atoms with Gasteiger partial charge in [0.05, 0.1) is 19.1 Å². The molecule has 1 aromatic heterocycles. The van der Waals surface area contributed by atoms with Crippen LogP contribution in [-0.2, 0) is 9.59 Å². The summed E-state index contributed by atoms with van der Waals surface area (Å²) in [6.07, 6.45) is 2.35. The third-order valence-corrected chi connectivity index (χ3v) is 5.00. The van der Waals surface area contributed by atoms with Gasteiger partial charge >= 0.3 is 0 Å². The van der Waals surface area contributed by atoms with Crippen molar-refractivity contribution in [2.75, 3.05) is 19.8 Å². The second kappa shape index (κ2) is 13.8. The summed E-state index contributed by atoms with van der Waals surface area (Å²) in [6.45, 7) is 1.62. The Kier molecular flexibility index (Phi) is 11.1. The van der Waals surface area contributed by atoms with Crippen LogP contribution in [0.5, 0.6) is 5.75 Å². The Morgan fingerprint density at radius 1 is 1.30 bits per heavy atom. The Bertz CT molecular complexity index is 923. The van der Waals surface area contributed by atoms with Crippen LogP contribution in [-0.4, -0.2) is 52.5 Å². The zero-order valence-corrected chi connectivity index (χ0v) is 20.3. The number of rotatable bonds is 14. The predicted octanol–water partition coefficient (Wildman–Crippen LogP) is 3.51. The molecule has 0 saturated heterocycles. The van der Waals surface area contributed by atoms with Gasteiger partial charge in [0.1, 0.15) is 18.1 Å². The van der Waals surface area contributed by atoms with Crippen LogP contribution in [0.4, 0.5) is 4.39 Å². The highest BCUT2D eigenvalue weighted by Gasteiger charge is 2.20. The lowest BCUT2D eigenvalue weighted by Crippen LogP contribution is -2.42. The number of nitrogens with one attached hydrogen (secondary N) is 2. The van der Waals surface area contributed by atoms with Crippen molar-refractivity contribution in [3.63, 3.8) is 0 Å². The normalized spacial score (nSPS) is 12.5. The largest absolute Gasteiger partial charge is 0.490 e. The lowest BCUT2D eigenvalue weighted by molar-refractivity contribution is -0.154. The average molecular weight is 575 g/mol. The molecule has 0 aliphatic rings. The van der Waals surface area contributed by atoms with E-state index in [-0.39, 0.29) is 37.9 Å². The predicted molar refractivity (Wildman–Crippen MR) is 127 cm³/mol. The van der Waals surface area contributed by atoms with Gasteiger partial charge in [-0.1, -0.05) is 31.9 Å². The molecule has 3 amide bonds.